The van der Waals surface area contributed by atoms with E-state index in [1.54, 1.807) is 12.1 Å². The number of carboxylic acids is 1. The third kappa shape index (κ3) is 4.74. The molecule has 0 bridgehead atoms. The van der Waals surface area contributed by atoms with E-state index in [9.17, 15) is 19.1 Å². The van der Waals surface area contributed by atoms with Crippen molar-refractivity contribution in [3.8, 4) is 0 Å². The smallest absolute Gasteiger partial charge is 0.326 e. The average Bonchev–Trinajstić information content (AvgIpc) is 3.21. The second kappa shape index (κ2) is 9.63. The topological polar surface area (TPSA) is 96.6 Å². The van der Waals surface area contributed by atoms with Crippen LogP contribution >= 0.6 is 0 Å². The predicted octanol–water partition coefficient (Wildman–Crippen LogP) is 4.11. The van der Waals surface area contributed by atoms with Crippen LogP contribution in [0.15, 0.2) is 34.1 Å². The fraction of sp³-hybridized carbons (Fsp3) is 0.500. The van der Waals surface area contributed by atoms with Gasteiger partial charge in [0.15, 0.2) is 5.82 Å². The molecule has 1 aromatic carbocycles. The lowest BCUT2D eigenvalue weighted by Gasteiger charge is -2.21. The Morgan fingerprint density at radius 3 is 2.78 bits per heavy atom. The number of fused-ring (bicyclic) bond motifs is 1. The van der Waals surface area contributed by atoms with Crippen LogP contribution in [-0.4, -0.2) is 32.4 Å². The van der Waals surface area contributed by atoms with Gasteiger partial charge in [0.2, 0.25) is 5.95 Å². The Balaban J connectivity index is 1.64. The molecule has 0 spiro atoms. The van der Waals surface area contributed by atoms with Gasteiger partial charge in [0.05, 0.1) is 5.56 Å². The van der Waals surface area contributed by atoms with E-state index in [4.69, 9.17) is 4.99 Å². The summed E-state index contributed by atoms with van der Waals surface area (Å²) < 4.78 is 15.1. The van der Waals surface area contributed by atoms with Crippen LogP contribution in [-0.2, 0) is 24.2 Å². The van der Waals surface area contributed by atoms with E-state index >= 15 is 0 Å². The first-order chi connectivity index (χ1) is 15.5. The van der Waals surface area contributed by atoms with Crippen molar-refractivity contribution in [2.45, 2.75) is 70.9 Å². The first kappa shape index (κ1) is 22.2. The van der Waals surface area contributed by atoms with Crippen molar-refractivity contribution in [3.05, 3.63) is 51.6 Å². The van der Waals surface area contributed by atoms with Gasteiger partial charge in [0.25, 0.3) is 5.56 Å². The minimum atomic E-state index is -1.10. The van der Waals surface area contributed by atoms with Crippen LogP contribution < -0.4 is 10.9 Å². The number of aliphatic carboxylic acids is 1. The van der Waals surface area contributed by atoms with Crippen LogP contribution in [0.3, 0.4) is 0 Å². The normalized spacial score (nSPS) is 17.0. The molecule has 1 aliphatic carbocycles. The maximum absolute atomic E-state index is 13.6. The minimum Gasteiger partial charge on any atom is -0.480 e. The zero-order chi connectivity index (χ0) is 22.7. The molecular weight excluding hydrogens is 411 g/mol. The number of hydrogen-bond donors (Lipinski definition) is 2. The second-order valence-electron chi connectivity index (χ2n) is 8.68. The highest BCUT2D eigenvalue weighted by Crippen LogP contribution is 2.32. The van der Waals surface area contributed by atoms with Crippen LogP contribution in [0, 0.1) is 11.7 Å². The van der Waals surface area contributed by atoms with E-state index in [1.165, 1.54) is 36.0 Å². The Morgan fingerprint density at radius 2 is 2.09 bits per heavy atom. The van der Waals surface area contributed by atoms with Crippen LogP contribution in [0.25, 0.3) is 0 Å². The maximum atomic E-state index is 13.6. The van der Waals surface area contributed by atoms with Crippen molar-refractivity contribution in [1.82, 2.24) is 9.55 Å². The van der Waals surface area contributed by atoms with E-state index in [1.807, 2.05) is 6.92 Å². The van der Waals surface area contributed by atoms with Crippen molar-refractivity contribution < 1.29 is 14.3 Å². The zero-order valence-corrected chi connectivity index (χ0v) is 18.3. The summed E-state index contributed by atoms with van der Waals surface area (Å²) in [7, 11) is 0. The molecule has 1 saturated carbocycles. The molecule has 1 aliphatic heterocycles. The second-order valence-corrected chi connectivity index (χ2v) is 8.68. The number of aliphatic imine (C=N–C) groups is 1. The number of carboxylic acid groups (broad SMARTS) is 1. The molecule has 2 aliphatic rings. The molecule has 0 radical (unpaired) electrons. The molecule has 2 aromatic rings. The number of carbonyl (C=O) groups is 1. The third-order valence-electron chi connectivity index (χ3n) is 6.30. The largest absolute Gasteiger partial charge is 0.480 e. The van der Waals surface area contributed by atoms with Gasteiger partial charge in [-0.1, -0.05) is 38.3 Å². The number of aromatic nitrogens is 2. The lowest BCUT2D eigenvalue weighted by Crippen LogP contribution is -2.36. The zero-order valence-electron chi connectivity index (χ0n) is 18.3. The van der Waals surface area contributed by atoms with Gasteiger partial charge in [-0.15, -0.1) is 0 Å². The molecule has 7 nitrogen and oxygen atoms in total. The molecule has 1 atom stereocenters. The monoisotopic (exact) mass is 440 g/mol. The van der Waals surface area contributed by atoms with Crippen molar-refractivity contribution in [3.63, 3.8) is 0 Å². The van der Waals surface area contributed by atoms with Gasteiger partial charge in [-0.25, -0.2) is 14.2 Å². The van der Waals surface area contributed by atoms with Gasteiger partial charge < -0.3 is 10.4 Å². The molecule has 170 valence electrons. The SMILES string of the molecule is CCCn1c(NC(Cc2cccc(F)c2)C(=O)O)nc2c(c1=O)CC(C1CCCCC1)=N2. The van der Waals surface area contributed by atoms with E-state index in [0.717, 1.165) is 18.6 Å². The molecule has 8 heteroatoms. The Labute approximate surface area is 186 Å². The number of anilines is 1. The summed E-state index contributed by atoms with van der Waals surface area (Å²) in [6.07, 6.45) is 7.08. The van der Waals surface area contributed by atoms with Crippen LogP contribution in [0.1, 0.15) is 56.6 Å². The molecule has 1 unspecified atom stereocenters. The van der Waals surface area contributed by atoms with E-state index < -0.39 is 17.8 Å². The van der Waals surface area contributed by atoms with E-state index in [2.05, 4.69) is 10.3 Å². The molecular formula is C24H29FN4O3. The van der Waals surface area contributed by atoms with Crippen molar-refractivity contribution in [1.29, 1.82) is 0 Å². The summed E-state index contributed by atoms with van der Waals surface area (Å²) >= 11 is 0. The van der Waals surface area contributed by atoms with E-state index in [-0.39, 0.29) is 17.9 Å². The highest BCUT2D eigenvalue weighted by atomic mass is 19.1. The van der Waals surface area contributed by atoms with Crippen LogP contribution in [0.2, 0.25) is 0 Å². The summed E-state index contributed by atoms with van der Waals surface area (Å²) in [5.74, 6) is -0.519. The molecule has 2 heterocycles. The summed E-state index contributed by atoms with van der Waals surface area (Å²) in [5.41, 5.74) is 2.01. The molecule has 4 rings (SSSR count). The molecule has 1 aromatic heterocycles. The quantitative estimate of drug-likeness (QED) is 0.644. The number of nitrogens with zero attached hydrogens (tertiary/aromatic N) is 3. The Morgan fingerprint density at radius 1 is 1.31 bits per heavy atom. The number of rotatable bonds is 8. The van der Waals surface area contributed by atoms with Crippen LogP contribution in [0.5, 0.6) is 0 Å². The predicted molar refractivity (Wildman–Crippen MR) is 121 cm³/mol. The fourth-order valence-corrected chi connectivity index (χ4v) is 4.65. The van der Waals surface area contributed by atoms with E-state index in [0.29, 0.717) is 42.2 Å². The molecule has 1 fully saturated rings. The minimum absolute atomic E-state index is 0.0583. The van der Waals surface area contributed by atoms with Crippen molar-refractivity contribution >= 4 is 23.4 Å². The molecule has 32 heavy (non-hydrogen) atoms. The number of halogens is 1. The number of nitrogens with one attached hydrogen (secondary N) is 1. The first-order valence-electron chi connectivity index (χ1n) is 11.4. The summed E-state index contributed by atoms with van der Waals surface area (Å²) in [6.45, 7) is 2.38. The van der Waals surface area contributed by atoms with Gasteiger partial charge in [0.1, 0.15) is 11.9 Å². The fourth-order valence-electron chi connectivity index (χ4n) is 4.65. The standard InChI is InChI=1S/C24H29FN4O3/c1-2-11-29-22(30)18-14-19(16-8-4-3-5-9-16)26-21(18)28-24(29)27-20(23(31)32)13-15-7-6-10-17(25)12-15/h6-7,10,12,16,20H,2-5,8-9,11,13-14H2,1H3,(H,27,28)(H,31,32). The number of hydrogen-bond acceptors (Lipinski definition) is 5. The highest BCUT2D eigenvalue weighted by Gasteiger charge is 2.29. The molecule has 2 N–H and O–H groups in total. The van der Waals surface area contributed by atoms with Gasteiger partial charge in [-0.05, 0) is 42.9 Å². The lowest BCUT2D eigenvalue weighted by molar-refractivity contribution is -0.137. The Kier molecular flexibility index (Phi) is 6.67. The first-order valence-corrected chi connectivity index (χ1v) is 11.4. The van der Waals surface area contributed by atoms with Crippen LogP contribution in [0.4, 0.5) is 16.2 Å². The Hall–Kier alpha value is -3.03. The lowest BCUT2D eigenvalue weighted by atomic mass is 9.84. The molecule has 0 saturated heterocycles. The van der Waals surface area contributed by atoms with Gasteiger partial charge in [-0.2, -0.15) is 4.98 Å². The van der Waals surface area contributed by atoms with Gasteiger partial charge in [0, 0.05) is 25.1 Å². The number of benzene rings is 1. The van der Waals surface area contributed by atoms with Crippen molar-refractivity contribution in [2.75, 3.05) is 5.32 Å². The van der Waals surface area contributed by atoms with Gasteiger partial charge >= 0.3 is 5.97 Å². The summed E-state index contributed by atoms with van der Waals surface area (Å²) in [5, 5.41) is 12.7. The van der Waals surface area contributed by atoms with Gasteiger partial charge in [-0.3, -0.25) is 9.36 Å². The van der Waals surface area contributed by atoms with Crippen molar-refractivity contribution in [2.24, 2.45) is 10.9 Å². The third-order valence-corrected chi connectivity index (χ3v) is 6.30. The average molecular weight is 441 g/mol. The summed E-state index contributed by atoms with van der Waals surface area (Å²) in [4.78, 5) is 34.5. The molecule has 0 amide bonds. The Bertz CT molecular complexity index is 1090. The highest BCUT2D eigenvalue weighted by molar-refractivity contribution is 5.95. The maximum Gasteiger partial charge on any atom is 0.326 e. The summed E-state index contributed by atoms with van der Waals surface area (Å²) in [6, 6.07) is 4.79.